The molecule has 0 aliphatic rings. The van der Waals surface area contributed by atoms with Crippen LogP contribution in [0.3, 0.4) is 0 Å². The summed E-state index contributed by atoms with van der Waals surface area (Å²) in [5.74, 6) is 0.272. The van der Waals surface area contributed by atoms with Gasteiger partial charge in [0.1, 0.15) is 12.4 Å². The first-order valence-electron chi connectivity index (χ1n) is 7.10. The summed E-state index contributed by atoms with van der Waals surface area (Å²) in [6, 6.07) is 14.9. The molecule has 5 heteroatoms. The summed E-state index contributed by atoms with van der Waals surface area (Å²) in [7, 11) is 0. The number of benzene rings is 2. The van der Waals surface area contributed by atoms with Gasteiger partial charge in [-0.2, -0.15) is 5.10 Å². The van der Waals surface area contributed by atoms with Crippen molar-refractivity contribution in [2.24, 2.45) is 0 Å². The molecule has 0 atom stereocenters. The number of carbonyl (C=O) groups excluding carboxylic acids is 1. The van der Waals surface area contributed by atoms with Gasteiger partial charge in [-0.1, -0.05) is 36.4 Å². The molecule has 5 nitrogen and oxygen atoms in total. The molecule has 0 spiro atoms. The second kappa shape index (κ2) is 6.30. The Morgan fingerprint density at radius 3 is 2.77 bits per heavy atom. The molecule has 0 saturated heterocycles. The highest BCUT2D eigenvalue weighted by Crippen LogP contribution is 2.20. The van der Waals surface area contributed by atoms with Crippen LogP contribution < -0.4 is 4.74 Å². The Labute approximate surface area is 127 Å². The summed E-state index contributed by atoms with van der Waals surface area (Å²) in [5, 5.41) is 7.61. The zero-order chi connectivity index (χ0) is 15.4. The van der Waals surface area contributed by atoms with E-state index in [0.29, 0.717) is 12.3 Å². The average Bonchev–Trinajstić information content (AvgIpc) is 2.98. The maximum absolute atomic E-state index is 12.2. The molecule has 0 bridgehead atoms. The van der Waals surface area contributed by atoms with E-state index >= 15 is 0 Å². The van der Waals surface area contributed by atoms with Crippen molar-refractivity contribution in [2.45, 2.75) is 13.5 Å². The number of aromatic nitrogens is 2. The molecule has 0 unspecified atom stereocenters. The Kier molecular flexibility index (Phi) is 4.05. The molecule has 1 heterocycles. The van der Waals surface area contributed by atoms with Crippen LogP contribution in [0.4, 0.5) is 0 Å². The highest BCUT2D eigenvalue weighted by atomic mass is 16.5. The Morgan fingerprint density at radius 2 is 1.91 bits per heavy atom. The smallest absolute Gasteiger partial charge is 0.359 e. The fourth-order valence-corrected chi connectivity index (χ4v) is 2.25. The Morgan fingerprint density at radius 1 is 1.14 bits per heavy atom. The normalized spacial score (nSPS) is 10.6. The van der Waals surface area contributed by atoms with Gasteiger partial charge in [0.05, 0.1) is 12.1 Å². The van der Waals surface area contributed by atoms with Crippen molar-refractivity contribution < 1.29 is 14.3 Å². The lowest BCUT2D eigenvalue weighted by atomic mass is 10.2. The molecule has 0 amide bonds. The fraction of sp³-hybridized carbons (Fsp3) is 0.176. The maximum atomic E-state index is 12.2. The largest absolute Gasteiger partial charge is 0.493 e. The van der Waals surface area contributed by atoms with Gasteiger partial charge in [-0.05, 0) is 19.1 Å². The summed E-state index contributed by atoms with van der Waals surface area (Å²) < 4.78 is 10.9. The van der Waals surface area contributed by atoms with Gasteiger partial charge in [0, 0.05) is 10.9 Å². The molecule has 3 aromatic rings. The van der Waals surface area contributed by atoms with Gasteiger partial charge >= 0.3 is 5.97 Å². The van der Waals surface area contributed by atoms with Gasteiger partial charge in [-0.3, -0.25) is 5.10 Å². The van der Waals surface area contributed by atoms with Gasteiger partial charge < -0.3 is 9.47 Å². The highest BCUT2D eigenvalue weighted by Gasteiger charge is 2.16. The van der Waals surface area contributed by atoms with E-state index in [1.165, 1.54) is 0 Å². The number of hydrogen-bond acceptors (Lipinski definition) is 4. The molecule has 1 N–H and O–H groups in total. The van der Waals surface area contributed by atoms with Crippen LogP contribution in [-0.4, -0.2) is 22.8 Å². The van der Waals surface area contributed by atoms with Gasteiger partial charge in [-0.25, -0.2) is 4.79 Å². The van der Waals surface area contributed by atoms with E-state index in [9.17, 15) is 4.79 Å². The molecule has 22 heavy (non-hydrogen) atoms. The molecule has 0 fully saturated rings. The number of nitrogens with one attached hydrogen (secondary N) is 1. The summed E-state index contributed by atoms with van der Waals surface area (Å²) in [6.45, 7) is 2.63. The van der Waals surface area contributed by atoms with E-state index in [-0.39, 0.29) is 6.61 Å². The van der Waals surface area contributed by atoms with E-state index in [1.54, 1.807) is 0 Å². The van der Waals surface area contributed by atoms with Crippen molar-refractivity contribution in [3.63, 3.8) is 0 Å². The Hall–Kier alpha value is -2.82. The second-order valence-electron chi connectivity index (χ2n) is 4.73. The SMILES string of the molecule is CCOc1ccccc1COC(=O)c1n[nH]c2ccccc12. The first-order valence-corrected chi connectivity index (χ1v) is 7.10. The van der Waals surface area contributed by atoms with Gasteiger partial charge in [0.15, 0.2) is 5.69 Å². The summed E-state index contributed by atoms with van der Waals surface area (Å²) in [6.07, 6.45) is 0. The number of H-pyrrole nitrogens is 1. The van der Waals surface area contributed by atoms with Crippen molar-refractivity contribution in [3.8, 4) is 5.75 Å². The minimum absolute atomic E-state index is 0.149. The Bertz CT molecular complexity index is 795. The van der Waals surface area contributed by atoms with Crippen molar-refractivity contribution in [2.75, 3.05) is 6.61 Å². The molecule has 3 rings (SSSR count). The van der Waals surface area contributed by atoms with E-state index in [4.69, 9.17) is 9.47 Å². The van der Waals surface area contributed by atoms with E-state index < -0.39 is 5.97 Å². The van der Waals surface area contributed by atoms with Crippen LogP contribution in [0.1, 0.15) is 23.0 Å². The van der Waals surface area contributed by atoms with Crippen molar-refractivity contribution in [3.05, 3.63) is 59.8 Å². The van der Waals surface area contributed by atoms with Crippen LogP contribution in [0.5, 0.6) is 5.75 Å². The molecule has 112 valence electrons. The third-order valence-electron chi connectivity index (χ3n) is 3.29. The van der Waals surface area contributed by atoms with Crippen LogP contribution in [0, 0.1) is 0 Å². The van der Waals surface area contributed by atoms with Crippen molar-refractivity contribution >= 4 is 16.9 Å². The van der Waals surface area contributed by atoms with E-state index in [0.717, 1.165) is 22.2 Å². The number of esters is 1. The van der Waals surface area contributed by atoms with Crippen LogP contribution in [0.25, 0.3) is 10.9 Å². The molecule has 0 aliphatic heterocycles. The van der Waals surface area contributed by atoms with E-state index in [2.05, 4.69) is 10.2 Å². The predicted molar refractivity (Wildman–Crippen MR) is 82.8 cm³/mol. The zero-order valence-electron chi connectivity index (χ0n) is 12.2. The van der Waals surface area contributed by atoms with Crippen molar-refractivity contribution in [1.82, 2.24) is 10.2 Å². The number of nitrogens with zero attached hydrogens (tertiary/aromatic N) is 1. The topological polar surface area (TPSA) is 64.2 Å². The number of para-hydroxylation sites is 2. The minimum Gasteiger partial charge on any atom is -0.493 e. The fourth-order valence-electron chi connectivity index (χ4n) is 2.25. The number of hydrogen-bond donors (Lipinski definition) is 1. The summed E-state index contributed by atoms with van der Waals surface area (Å²) in [4.78, 5) is 12.2. The van der Waals surface area contributed by atoms with Crippen LogP contribution >= 0.6 is 0 Å². The molecule has 0 saturated carbocycles. The van der Waals surface area contributed by atoms with Gasteiger partial charge in [0.2, 0.25) is 0 Å². The number of rotatable bonds is 5. The maximum Gasteiger partial charge on any atom is 0.359 e. The lowest BCUT2D eigenvalue weighted by Gasteiger charge is -2.10. The molecular weight excluding hydrogens is 280 g/mol. The Balaban J connectivity index is 1.75. The first-order chi connectivity index (χ1) is 10.8. The molecule has 1 aromatic heterocycles. The van der Waals surface area contributed by atoms with Crippen LogP contribution in [0.15, 0.2) is 48.5 Å². The quantitative estimate of drug-likeness (QED) is 0.734. The number of ether oxygens (including phenoxy) is 2. The first kappa shape index (κ1) is 14.1. The van der Waals surface area contributed by atoms with Crippen LogP contribution in [-0.2, 0) is 11.3 Å². The second-order valence-corrected chi connectivity index (χ2v) is 4.73. The molecular formula is C17H16N2O3. The zero-order valence-corrected chi connectivity index (χ0v) is 12.2. The minimum atomic E-state index is -0.455. The summed E-state index contributed by atoms with van der Waals surface area (Å²) >= 11 is 0. The van der Waals surface area contributed by atoms with Crippen molar-refractivity contribution in [1.29, 1.82) is 0 Å². The average molecular weight is 296 g/mol. The standard InChI is InChI=1S/C17H16N2O3/c1-2-21-15-10-6-3-7-12(15)11-22-17(20)16-13-8-4-5-9-14(13)18-19-16/h3-10H,2,11H2,1H3,(H,18,19). The van der Waals surface area contributed by atoms with E-state index in [1.807, 2.05) is 55.5 Å². The predicted octanol–water partition coefficient (Wildman–Crippen LogP) is 3.32. The van der Waals surface area contributed by atoms with Crippen LogP contribution in [0.2, 0.25) is 0 Å². The third kappa shape index (κ3) is 2.79. The molecule has 0 radical (unpaired) electrons. The molecule has 0 aliphatic carbocycles. The number of fused-ring (bicyclic) bond motifs is 1. The number of aromatic amines is 1. The lowest BCUT2D eigenvalue weighted by molar-refractivity contribution is 0.0465. The van der Waals surface area contributed by atoms with Gasteiger partial charge in [-0.15, -0.1) is 0 Å². The highest BCUT2D eigenvalue weighted by molar-refractivity contribution is 6.01. The third-order valence-corrected chi connectivity index (χ3v) is 3.29. The monoisotopic (exact) mass is 296 g/mol. The lowest BCUT2D eigenvalue weighted by Crippen LogP contribution is -2.07. The number of carbonyl (C=O) groups is 1. The van der Waals surface area contributed by atoms with Gasteiger partial charge in [0.25, 0.3) is 0 Å². The molecule has 2 aromatic carbocycles. The summed E-state index contributed by atoms with van der Waals surface area (Å²) in [5.41, 5.74) is 1.94.